The highest BCUT2D eigenvalue weighted by Gasteiger charge is 2.24. The van der Waals surface area contributed by atoms with Crippen molar-refractivity contribution >= 4 is 17.2 Å². The number of carbonyl (C=O) groups is 1. The Hall–Kier alpha value is -0.910. The van der Waals surface area contributed by atoms with Crippen LogP contribution in [-0.4, -0.2) is 25.7 Å². The van der Waals surface area contributed by atoms with E-state index in [1.807, 2.05) is 0 Å². The Balaban J connectivity index is 1.93. The smallest absolute Gasteiger partial charge is 0.237 e. The van der Waals surface area contributed by atoms with Crippen molar-refractivity contribution in [1.29, 1.82) is 0 Å². The lowest BCUT2D eigenvalue weighted by Crippen LogP contribution is -2.43. The first kappa shape index (κ1) is 13.5. The van der Waals surface area contributed by atoms with Crippen LogP contribution in [0.15, 0.2) is 11.4 Å². The van der Waals surface area contributed by atoms with Gasteiger partial charge in [0, 0.05) is 18.6 Å². The molecule has 1 aromatic heterocycles. The summed E-state index contributed by atoms with van der Waals surface area (Å²) in [4.78, 5) is 13.4. The van der Waals surface area contributed by atoms with Crippen molar-refractivity contribution in [3.8, 4) is 0 Å². The molecule has 5 heteroatoms. The Morgan fingerprint density at radius 2 is 2.56 bits per heavy atom. The number of rotatable bonds is 5. The number of aryl methyl sites for hydroxylation is 1. The SMILES string of the molecule is COCCC(N)C(=O)NC1CCCc2sccc21. The first-order valence-electron chi connectivity index (χ1n) is 6.33. The maximum Gasteiger partial charge on any atom is 0.237 e. The molecule has 0 saturated carbocycles. The topological polar surface area (TPSA) is 64.3 Å². The molecule has 0 aliphatic heterocycles. The van der Waals surface area contributed by atoms with Crippen molar-refractivity contribution in [3.63, 3.8) is 0 Å². The van der Waals surface area contributed by atoms with Crippen LogP contribution in [0.25, 0.3) is 0 Å². The predicted molar refractivity (Wildman–Crippen MR) is 72.6 cm³/mol. The quantitative estimate of drug-likeness (QED) is 0.852. The second-order valence-corrected chi connectivity index (χ2v) is 5.64. The molecular formula is C13H20N2O2S. The monoisotopic (exact) mass is 268 g/mol. The lowest BCUT2D eigenvalue weighted by molar-refractivity contribution is -0.123. The van der Waals surface area contributed by atoms with Crippen molar-refractivity contribution < 1.29 is 9.53 Å². The molecule has 0 fully saturated rings. The van der Waals surface area contributed by atoms with Crippen LogP contribution in [0, 0.1) is 0 Å². The normalized spacial score (nSPS) is 20.2. The standard InChI is InChI=1S/C13H20N2O2S/c1-17-7-5-10(14)13(16)15-11-3-2-4-12-9(11)6-8-18-12/h6,8,10-11H,2-5,7,14H2,1H3,(H,15,16). The van der Waals surface area contributed by atoms with Gasteiger partial charge in [0.05, 0.1) is 12.1 Å². The van der Waals surface area contributed by atoms with Crippen molar-refractivity contribution in [3.05, 3.63) is 21.9 Å². The molecule has 1 heterocycles. The Labute approximate surface area is 112 Å². The maximum absolute atomic E-state index is 12.0. The van der Waals surface area contributed by atoms with Gasteiger partial charge in [-0.1, -0.05) is 0 Å². The van der Waals surface area contributed by atoms with Crippen LogP contribution >= 0.6 is 11.3 Å². The van der Waals surface area contributed by atoms with E-state index >= 15 is 0 Å². The zero-order valence-electron chi connectivity index (χ0n) is 10.6. The molecule has 0 bridgehead atoms. The van der Waals surface area contributed by atoms with Crippen LogP contribution in [0.1, 0.15) is 35.7 Å². The summed E-state index contributed by atoms with van der Waals surface area (Å²) < 4.78 is 4.94. The number of nitrogens with two attached hydrogens (primary N) is 1. The Kier molecular flexibility index (Phi) is 4.74. The molecule has 0 spiro atoms. The van der Waals surface area contributed by atoms with Gasteiger partial charge in [0.25, 0.3) is 0 Å². The van der Waals surface area contributed by atoms with Crippen LogP contribution in [-0.2, 0) is 16.0 Å². The minimum Gasteiger partial charge on any atom is -0.385 e. The van der Waals surface area contributed by atoms with Gasteiger partial charge in [0.15, 0.2) is 0 Å². The van der Waals surface area contributed by atoms with Crippen LogP contribution in [0.4, 0.5) is 0 Å². The van der Waals surface area contributed by atoms with Crippen molar-refractivity contribution in [2.24, 2.45) is 5.73 Å². The van der Waals surface area contributed by atoms with Crippen molar-refractivity contribution in [2.45, 2.75) is 37.8 Å². The fraction of sp³-hybridized carbons (Fsp3) is 0.615. The highest BCUT2D eigenvalue weighted by atomic mass is 32.1. The number of thiophene rings is 1. The van der Waals surface area contributed by atoms with E-state index in [0.717, 1.165) is 19.3 Å². The van der Waals surface area contributed by atoms with Crippen LogP contribution in [0.2, 0.25) is 0 Å². The predicted octanol–water partition coefficient (Wildman–Crippen LogP) is 1.61. The summed E-state index contributed by atoms with van der Waals surface area (Å²) in [6.07, 6.45) is 3.83. The van der Waals surface area contributed by atoms with E-state index in [9.17, 15) is 4.79 Å². The fourth-order valence-electron chi connectivity index (χ4n) is 2.29. The number of hydrogen-bond donors (Lipinski definition) is 2. The third kappa shape index (κ3) is 3.10. The Morgan fingerprint density at radius 1 is 1.72 bits per heavy atom. The Morgan fingerprint density at radius 3 is 3.33 bits per heavy atom. The first-order chi connectivity index (χ1) is 8.72. The van der Waals surface area contributed by atoms with Crippen LogP contribution in [0.3, 0.4) is 0 Å². The Bertz CT molecular complexity index is 405. The highest BCUT2D eigenvalue weighted by Crippen LogP contribution is 2.33. The summed E-state index contributed by atoms with van der Waals surface area (Å²) >= 11 is 1.78. The lowest BCUT2D eigenvalue weighted by atomic mass is 9.94. The molecule has 1 aliphatic carbocycles. The number of amides is 1. The molecule has 2 unspecified atom stereocenters. The molecule has 18 heavy (non-hydrogen) atoms. The van der Waals surface area contributed by atoms with Gasteiger partial charge in [-0.05, 0) is 42.7 Å². The summed E-state index contributed by atoms with van der Waals surface area (Å²) in [5.41, 5.74) is 7.10. The number of fused-ring (bicyclic) bond motifs is 1. The zero-order chi connectivity index (χ0) is 13.0. The van der Waals surface area contributed by atoms with E-state index in [1.54, 1.807) is 18.4 Å². The van der Waals surface area contributed by atoms with Crippen LogP contribution in [0.5, 0.6) is 0 Å². The van der Waals surface area contributed by atoms with Gasteiger partial charge in [-0.15, -0.1) is 11.3 Å². The second kappa shape index (κ2) is 6.31. The van der Waals surface area contributed by atoms with Crippen LogP contribution < -0.4 is 11.1 Å². The van der Waals surface area contributed by atoms with Gasteiger partial charge in [-0.25, -0.2) is 0 Å². The largest absolute Gasteiger partial charge is 0.385 e. The summed E-state index contributed by atoms with van der Waals surface area (Å²) in [6, 6.07) is 1.78. The molecule has 2 rings (SSSR count). The number of hydrogen-bond acceptors (Lipinski definition) is 4. The third-order valence-electron chi connectivity index (χ3n) is 3.34. The molecule has 1 amide bonds. The summed E-state index contributed by atoms with van der Waals surface area (Å²) in [7, 11) is 1.61. The van der Waals surface area contributed by atoms with E-state index < -0.39 is 6.04 Å². The van der Waals surface area contributed by atoms with Gasteiger partial charge >= 0.3 is 0 Å². The van der Waals surface area contributed by atoms with E-state index in [-0.39, 0.29) is 11.9 Å². The minimum absolute atomic E-state index is 0.0731. The maximum atomic E-state index is 12.0. The number of methoxy groups -OCH3 is 1. The molecule has 1 aromatic rings. The number of ether oxygens (including phenoxy) is 1. The number of nitrogens with one attached hydrogen (secondary N) is 1. The summed E-state index contributed by atoms with van der Waals surface area (Å²) in [5.74, 6) is -0.0731. The molecule has 100 valence electrons. The van der Waals surface area contributed by atoms with E-state index in [0.29, 0.717) is 13.0 Å². The fourth-order valence-corrected chi connectivity index (χ4v) is 3.28. The molecule has 3 N–H and O–H groups in total. The zero-order valence-corrected chi connectivity index (χ0v) is 11.5. The van der Waals surface area contributed by atoms with Gasteiger partial charge in [0.2, 0.25) is 5.91 Å². The first-order valence-corrected chi connectivity index (χ1v) is 7.21. The van der Waals surface area contributed by atoms with Crippen molar-refractivity contribution in [2.75, 3.05) is 13.7 Å². The molecule has 0 radical (unpaired) electrons. The molecule has 0 saturated heterocycles. The second-order valence-electron chi connectivity index (χ2n) is 4.64. The van der Waals surface area contributed by atoms with E-state index in [4.69, 9.17) is 10.5 Å². The van der Waals surface area contributed by atoms with Gasteiger partial charge in [0.1, 0.15) is 0 Å². The summed E-state index contributed by atoms with van der Waals surface area (Å²) in [6.45, 7) is 0.517. The number of carbonyl (C=O) groups excluding carboxylic acids is 1. The molecule has 0 aromatic carbocycles. The molecular weight excluding hydrogens is 248 g/mol. The van der Waals surface area contributed by atoms with E-state index in [2.05, 4.69) is 16.8 Å². The third-order valence-corrected chi connectivity index (χ3v) is 4.33. The van der Waals surface area contributed by atoms with E-state index in [1.165, 1.54) is 10.4 Å². The minimum atomic E-state index is -0.478. The molecule has 4 nitrogen and oxygen atoms in total. The van der Waals surface area contributed by atoms with Crippen molar-refractivity contribution in [1.82, 2.24) is 5.32 Å². The average molecular weight is 268 g/mol. The lowest BCUT2D eigenvalue weighted by Gasteiger charge is -2.25. The molecule has 2 atom stereocenters. The average Bonchev–Trinajstić information content (AvgIpc) is 2.85. The highest BCUT2D eigenvalue weighted by molar-refractivity contribution is 7.10. The van der Waals surface area contributed by atoms with Gasteiger partial charge in [-0.2, -0.15) is 0 Å². The summed E-state index contributed by atoms with van der Waals surface area (Å²) in [5, 5.41) is 5.15. The van der Waals surface area contributed by atoms with Gasteiger partial charge < -0.3 is 15.8 Å². The molecule has 1 aliphatic rings. The van der Waals surface area contributed by atoms with Gasteiger partial charge in [-0.3, -0.25) is 4.79 Å².